The quantitative estimate of drug-likeness (QED) is 0.733. The molecule has 2 aromatic rings. The van der Waals surface area contributed by atoms with Crippen LogP contribution in [0.4, 0.5) is 5.82 Å². The standard InChI is InChI=1S/C15H22N6O2S/c1-23-9-8-20-11-16-19-15(20)24-10-14(22)18-13-6-7-17-21(13)12-4-2-3-5-12/h6-7,11-12H,2-5,8-10H2,1H3,(H,18,22). The molecule has 0 unspecified atom stereocenters. The monoisotopic (exact) mass is 350 g/mol. The average Bonchev–Trinajstić information content (AvgIpc) is 3.31. The second-order valence-corrected chi connectivity index (χ2v) is 6.68. The molecule has 0 spiro atoms. The first-order valence-electron chi connectivity index (χ1n) is 8.11. The number of hydrogen-bond donors (Lipinski definition) is 1. The molecule has 0 aliphatic heterocycles. The van der Waals surface area contributed by atoms with Gasteiger partial charge in [0.2, 0.25) is 5.91 Å². The van der Waals surface area contributed by atoms with E-state index in [1.807, 2.05) is 15.3 Å². The lowest BCUT2D eigenvalue weighted by Gasteiger charge is -2.14. The van der Waals surface area contributed by atoms with E-state index in [4.69, 9.17) is 4.74 Å². The number of ether oxygens (including phenoxy) is 1. The molecule has 1 aliphatic rings. The number of hydrogen-bond acceptors (Lipinski definition) is 6. The molecule has 1 aliphatic carbocycles. The van der Waals surface area contributed by atoms with Gasteiger partial charge in [0, 0.05) is 19.7 Å². The van der Waals surface area contributed by atoms with E-state index in [0.29, 0.717) is 24.3 Å². The molecule has 3 rings (SSSR count). The summed E-state index contributed by atoms with van der Waals surface area (Å²) >= 11 is 1.36. The smallest absolute Gasteiger partial charge is 0.235 e. The van der Waals surface area contributed by atoms with Crippen LogP contribution in [-0.4, -0.2) is 49.9 Å². The van der Waals surface area contributed by atoms with E-state index >= 15 is 0 Å². The first-order valence-corrected chi connectivity index (χ1v) is 9.09. The van der Waals surface area contributed by atoms with Crippen molar-refractivity contribution in [3.63, 3.8) is 0 Å². The summed E-state index contributed by atoms with van der Waals surface area (Å²) in [6.45, 7) is 1.25. The maximum Gasteiger partial charge on any atom is 0.235 e. The Hall–Kier alpha value is -1.87. The summed E-state index contributed by atoms with van der Waals surface area (Å²) in [5.74, 6) is 0.982. The van der Waals surface area contributed by atoms with Gasteiger partial charge in [0.15, 0.2) is 5.16 Å². The van der Waals surface area contributed by atoms with Gasteiger partial charge < -0.3 is 14.6 Å². The van der Waals surface area contributed by atoms with Gasteiger partial charge in [-0.25, -0.2) is 4.68 Å². The van der Waals surface area contributed by atoms with Crippen LogP contribution in [0.25, 0.3) is 0 Å². The van der Waals surface area contributed by atoms with Crippen LogP contribution in [0.15, 0.2) is 23.7 Å². The highest BCUT2D eigenvalue weighted by atomic mass is 32.2. The summed E-state index contributed by atoms with van der Waals surface area (Å²) in [5.41, 5.74) is 0. The van der Waals surface area contributed by atoms with Gasteiger partial charge in [0.25, 0.3) is 0 Å². The van der Waals surface area contributed by atoms with Crippen molar-refractivity contribution in [3.05, 3.63) is 18.6 Å². The second kappa shape index (κ2) is 8.29. The van der Waals surface area contributed by atoms with E-state index in [1.54, 1.807) is 19.6 Å². The molecule has 1 amide bonds. The molecule has 0 bridgehead atoms. The Morgan fingerprint density at radius 3 is 3.08 bits per heavy atom. The van der Waals surface area contributed by atoms with E-state index in [-0.39, 0.29) is 11.7 Å². The minimum atomic E-state index is -0.0685. The molecule has 24 heavy (non-hydrogen) atoms. The Kier molecular flexibility index (Phi) is 5.86. The predicted octanol–water partition coefficient (Wildman–Crippen LogP) is 1.97. The van der Waals surface area contributed by atoms with Crippen LogP contribution < -0.4 is 5.32 Å². The Balaban J connectivity index is 1.53. The van der Waals surface area contributed by atoms with Crippen LogP contribution in [0.2, 0.25) is 0 Å². The molecule has 1 N–H and O–H groups in total. The number of aromatic nitrogens is 5. The first-order chi connectivity index (χ1) is 11.8. The number of nitrogens with one attached hydrogen (secondary N) is 1. The van der Waals surface area contributed by atoms with Crippen molar-refractivity contribution in [1.29, 1.82) is 0 Å². The van der Waals surface area contributed by atoms with Crippen LogP contribution >= 0.6 is 11.8 Å². The fourth-order valence-corrected chi connectivity index (χ4v) is 3.60. The summed E-state index contributed by atoms with van der Waals surface area (Å²) in [7, 11) is 1.65. The third-order valence-electron chi connectivity index (χ3n) is 4.06. The molecule has 8 nitrogen and oxygen atoms in total. The first kappa shape index (κ1) is 17.0. The lowest BCUT2D eigenvalue weighted by molar-refractivity contribution is -0.113. The minimum absolute atomic E-state index is 0.0685. The fraction of sp³-hybridized carbons (Fsp3) is 0.600. The van der Waals surface area contributed by atoms with Gasteiger partial charge in [0.05, 0.1) is 24.6 Å². The van der Waals surface area contributed by atoms with Gasteiger partial charge in [-0.3, -0.25) is 4.79 Å². The highest BCUT2D eigenvalue weighted by Gasteiger charge is 2.20. The summed E-state index contributed by atoms with van der Waals surface area (Å²) in [5, 5.41) is 16.0. The minimum Gasteiger partial charge on any atom is -0.383 e. The number of carbonyl (C=O) groups is 1. The zero-order valence-corrected chi connectivity index (χ0v) is 14.5. The highest BCUT2D eigenvalue weighted by Crippen LogP contribution is 2.31. The predicted molar refractivity (Wildman–Crippen MR) is 91.0 cm³/mol. The lowest BCUT2D eigenvalue weighted by Crippen LogP contribution is -2.19. The van der Waals surface area contributed by atoms with Crippen LogP contribution in [0, 0.1) is 0 Å². The maximum absolute atomic E-state index is 12.2. The molecule has 0 saturated heterocycles. The number of thioether (sulfide) groups is 1. The van der Waals surface area contributed by atoms with Gasteiger partial charge in [0.1, 0.15) is 12.1 Å². The molecule has 0 atom stereocenters. The number of methoxy groups -OCH3 is 1. The molecular weight excluding hydrogens is 328 g/mol. The van der Waals surface area contributed by atoms with Crippen LogP contribution in [0.5, 0.6) is 0 Å². The van der Waals surface area contributed by atoms with Crippen molar-refractivity contribution >= 4 is 23.5 Å². The van der Waals surface area contributed by atoms with E-state index < -0.39 is 0 Å². The molecule has 0 aromatic carbocycles. The van der Waals surface area contributed by atoms with E-state index in [1.165, 1.54) is 24.6 Å². The zero-order valence-electron chi connectivity index (χ0n) is 13.7. The lowest BCUT2D eigenvalue weighted by atomic mass is 10.2. The van der Waals surface area contributed by atoms with Crippen LogP contribution in [0.3, 0.4) is 0 Å². The average molecular weight is 350 g/mol. The van der Waals surface area contributed by atoms with Crippen molar-refractivity contribution in [2.45, 2.75) is 43.4 Å². The molecule has 130 valence electrons. The number of amides is 1. The normalized spacial score (nSPS) is 15.0. The van der Waals surface area contributed by atoms with Gasteiger partial charge in [-0.05, 0) is 12.8 Å². The van der Waals surface area contributed by atoms with E-state index in [0.717, 1.165) is 18.7 Å². The van der Waals surface area contributed by atoms with Crippen molar-refractivity contribution in [1.82, 2.24) is 24.5 Å². The van der Waals surface area contributed by atoms with Crippen LogP contribution in [0.1, 0.15) is 31.7 Å². The van der Waals surface area contributed by atoms with Gasteiger partial charge in [-0.2, -0.15) is 5.10 Å². The van der Waals surface area contributed by atoms with Crippen molar-refractivity contribution in [3.8, 4) is 0 Å². The Labute approximate surface area is 145 Å². The largest absolute Gasteiger partial charge is 0.383 e. The Bertz CT molecular complexity index is 664. The SMILES string of the molecule is COCCn1cnnc1SCC(=O)Nc1ccnn1C1CCCC1. The van der Waals surface area contributed by atoms with Gasteiger partial charge in [-0.15, -0.1) is 10.2 Å². The molecule has 1 fully saturated rings. The summed E-state index contributed by atoms with van der Waals surface area (Å²) in [6, 6.07) is 2.25. The molecular formula is C15H22N6O2S. The summed E-state index contributed by atoms with van der Waals surface area (Å²) < 4.78 is 8.87. The Morgan fingerprint density at radius 1 is 1.46 bits per heavy atom. The molecule has 2 heterocycles. The highest BCUT2D eigenvalue weighted by molar-refractivity contribution is 7.99. The maximum atomic E-state index is 12.2. The number of anilines is 1. The van der Waals surface area contributed by atoms with Crippen molar-refractivity contribution in [2.24, 2.45) is 0 Å². The molecule has 0 radical (unpaired) electrons. The number of carbonyl (C=O) groups excluding carboxylic acids is 1. The van der Waals surface area contributed by atoms with Gasteiger partial charge in [-0.1, -0.05) is 24.6 Å². The summed E-state index contributed by atoms with van der Waals surface area (Å²) in [6.07, 6.45) is 8.09. The molecule has 2 aromatic heterocycles. The van der Waals surface area contributed by atoms with Gasteiger partial charge >= 0.3 is 0 Å². The Morgan fingerprint density at radius 2 is 2.29 bits per heavy atom. The molecule has 1 saturated carbocycles. The second-order valence-electron chi connectivity index (χ2n) is 5.74. The zero-order chi connectivity index (χ0) is 16.8. The number of rotatable bonds is 8. The number of nitrogens with zero attached hydrogens (tertiary/aromatic N) is 5. The van der Waals surface area contributed by atoms with E-state index in [2.05, 4.69) is 20.6 Å². The third-order valence-corrected chi connectivity index (χ3v) is 5.04. The topological polar surface area (TPSA) is 86.9 Å². The third kappa shape index (κ3) is 4.15. The fourth-order valence-electron chi connectivity index (χ4n) is 2.86. The van der Waals surface area contributed by atoms with E-state index in [9.17, 15) is 4.79 Å². The molecule has 9 heteroatoms. The van der Waals surface area contributed by atoms with Crippen molar-refractivity contribution < 1.29 is 9.53 Å². The summed E-state index contributed by atoms with van der Waals surface area (Å²) in [4.78, 5) is 12.2. The van der Waals surface area contributed by atoms with Crippen LogP contribution in [-0.2, 0) is 16.1 Å². The van der Waals surface area contributed by atoms with Crippen molar-refractivity contribution in [2.75, 3.05) is 24.8 Å².